The number of hydrogen-bond donors (Lipinski definition) is 0. The molecular weight excluding hydrogens is 176 g/mol. The zero-order chi connectivity index (χ0) is 9.80. The van der Waals surface area contributed by atoms with Gasteiger partial charge in [0, 0.05) is 0 Å². The highest BCUT2D eigenvalue weighted by Gasteiger charge is 2.09. The van der Waals surface area contributed by atoms with Crippen LogP contribution in [0.5, 0.6) is 5.75 Å². The summed E-state index contributed by atoms with van der Waals surface area (Å²) in [6, 6.07) is 8.97. The molecule has 0 amide bonds. The van der Waals surface area contributed by atoms with E-state index >= 15 is 0 Å². The molecule has 1 aromatic rings. The molecule has 68 valence electrons. The predicted molar refractivity (Wildman–Crippen MR) is 52.8 cm³/mol. The van der Waals surface area contributed by atoms with Gasteiger partial charge in [-0.15, -0.1) is 5.73 Å². The minimum absolute atomic E-state index is 0.374. The number of esters is 1. The van der Waals surface area contributed by atoms with E-state index in [1.807, 2.05) is 18.2 Å². The van der Waals surface area contributed by atoms with Crippen LogP contribution < -0.4 is 4.74 Å². The number of allylic oxidation sites excluding steroid dienone is 1. The maximum absolute atomic E-state index is 11.4. The Labute approximate surface area is 81.8 Å². The number of hydrogen-bond acceptors (Lipinski definition) is 2. The number of para-hydroxylation sites is 1. The summed E-state index contributed by atoms with van der Waals surface area (Å²) >= 11 is 0. The van der Waals surface area contributed by atoms with Crippen LogP contribution in [0, 0.1) is 0 Å². The minimum Gasteiger partial charge on any atom is -0.422 e. The molecule has 2 rings (SSSR count). The van der Waals surface area contributed by atoms with E-state index < -0.39 is 0 Å². The van der Waals surface area contributed by atoms with Crippen molar-refractivity contribution in [1.29, 1.82) is 0 Å². The lowest BCUT2D eigenvalue weighted by molar-refractivity contribution is -0.129. The highest BCUT2D eigenvalue weighted by Crippen LogP contribution is 2.12. The fourth-order valence-corrected chi connectivity index (χ4v) is 1.11. The van der Waals surface area contributed by atoms with Crippen molar-refractivity contribution < 1.29 is 9.53 Å². The van der Waals surface area contributed by atoms with Crippen molar-refractivity contribution >= 4 is 5.97 Å². The second-order valence-electron chi connectivity index (χ2n) is 2.79. The van der Waals surface area contributed by atoms with Crippen LogP contribution in [-0.4, -0.2) is 5.97 Å². The molecular formula is C12H8O2. The molecule has 0 unspecified atom stereocenters. The molecule has 0 saturated heterocycles. The predicted octanol–water partition coefficient (Wildman–Crippen LogP) is 2.24. The molecule has 0 saturated carbocycles. The quantitative estimate of drug-likeness (QED) is 0.400. The Hall–Kier alpha value is -2.05. The molecule has 1 aliphatic rings. The fourth-order valence-electron chi connectivity index (χ4n) is 1.11. The Bertz CT molecular complexity index is 435. The molecule has 0 fully saturated rings. The Morgan fingerprint density at radius 1 is 1.21 bits per heavy atom. The molecule has 0 spiro atoms. The van der Waals surface area contributed by atoms with Crippen LogP contribution in [0.15, 0.2) is 59.9 Å². The molecule has 0 atom stereocenters. The number of rotatable bonds is 2. The highest BCUT2D eigenvalue weighted by atomic mass is 16.5. The Kier molecular flexibility index (Phi) is 2.30. The topological polar surface area (TPSA) is 26.3 Å². The second-order valence-corrected chi connectivity index (χ2v) is 2.79. The number of carbonyl (C=O) groups excluding carboxylic acids is 1. The van der Waals surface area contributed by atoms with Gasteiger partial charge in [-0.2, -0.15) is 0 Å². The van der Waals surface area contributed by atoms with Gasteiger partial charge in [0.05, 0.1) is 0 Å². The van der Waals surface area contributed by atoms with Gasteiger partial charge in [-0.05, 0) is 24.3 Å². The van der Waals surface area contributed by atoms with Crippen molar-refractivity contribution in [2.45, 2.75) is 0 Å². The summed E-state index contributed by atoms with van der Waals surface area (Å²) < 4.78 is 5.09. The standard InChI is InChI=1S/C12H8O2/c13-12(10-6-4-5-7-10)14-11-8-2-1-3-9-11/h1-6,8-9H. The molecule has 2 heteroatoms. The van der Waals surface area contributed by atoms with E-state index in [0.29, 0.717) is 11.3 Å². The van der Waals surface area contributed by atoms with E-state index in [1.54, 1.807) is 30.4 Å². The maximum Gasteiger partial charge on any atom is 0.351 e. The van der Waals surface area contributed by atoms with E-state index in [9.17, 15) is 4.79 Å². The van der Waals surface area contributed by atoms with Gasteiger partial charge in [0.25, 0.3) is 0 Å². The van der Waals surface area contributed by atoms with Gasteiger partial charge >= 0.3 is 5.97 Å². The van der Waals surface area contributed by atoms with E-state index in [-0.39, 0.29) is 5.97 Å². The van der Waals surface area contributed by atoms with Gasteiger partial charge in [-0.3, -0.25) is 0 Å². The van der Waals surface area contributed by atoms with Crippen molar-refractivity contribution in [3.8, 4) is 5.75 Å². The summed E-state index contributed by atoms with van der Waals surface area (Å²) in [4.78, 5) is 11.4. The summed E-state index contributed by atoms with van der Waals surface area (Å²) in [5.41, 5.74) is 3.24. The van der Waals surface area contributed by atoms with Crippen LogP contribution in [0.25, 0.3) is 0 Å². The van der Waals surface area contributed by atoms with Crippen LogP contribution in [0.4, 0.5) is 0 Å². The monoisotopic (exact) mass is 184 g/mol. The molecule has 0 radical (unpaired) electrons. The number of ether oxygens (including phenoxy) is 1. The zero-order valence-corrected chi connectivity index (χ0v) is 7.44. The van der Waals surface area contributed by atoms with Gasteiger partial charge in [0.1, 0.15) is 11.3 Å². The number of carbonyl (C=O) groups is 1. The summed E-state index contributed by atoms with van der Waals surface area (Å²) in [6.45, 7) is 0. The largest absolute Gasteiger partial charge is 0.422 e. The van der Waals surface area contributed by atoms with Crippen molar-refractivity contribution in [2.75, 3.05) is 0 Å². The fraction of sp³-hybridized carbons (Fsp3) is 0. The van der Waals surface area contributed by atoms with Crippen LogP contribution in [0.3, 0.4) is 0 Å². The van der Waals surface area contributed by atoms with E-state index in [4.69, 9.17) is 4.74 Å². The lowest BCUT2D eigenvalue weighted by atomic mass is 10.3. The lowest BCUT2D eigenvalue weighted by Crippen LogP contribution is -2.08. The molecule has 0 heterocycles. The van der Waals surface area contributed by atoms with Gasteiger partial charge in [-0.1, -0.05) is 24.3 Å². The van der Waals surface area contributed by atoms with Gasteiger partial charge in [0.2, 0.25) is 0 Å². The summed E-state index contributed by atoms with van der Waals surface area (Å²) in [6.07, 6.45) is 5.11. The molecule has 14 heavy (non-hydrogen) atoms. The van der Waals surface area contributed by atoms with E-state index in [1.165, 1.54) is 0 Å². The van der Waals surface area contributed by atoms with Crippen LogP contribution in [-0.2, 0) is 4.79 Å². The SMILES string of the molecule is O=C(Oc1ccccc1)C1=C=CC=C1. The summed E-state index contributed by atoms with van der Waals surface area (Å²) in [5, 5.41) is 0. The van der Waals surface area contributed by atoms with Gasteiger partial charge in [-0.25, -0.2) is 4.79 Å². The third kappa shape index (κ3) is 1.82. The van der Waals surface area contributed by atoms with E-state index in [2.05, 4.69) is 5.73 Å². The van der Waals surface area contributed by atoms with Crippen LogP contribution in [0.1, 0.15) is 0 Å². The first kappa shape index (κ1) is 8.54. The zero-order valence-electron chi connectivity index (χ0n) is 7.44. The third-order valence-corrected chi connectivity index (χ3v) is 1.77. The second kappa shape index (κ2) is 3.77. The van der Waals surface area contributed by atoms with Crippen LogP contribution in [0.2, 0.25) is 0 Å². The average molecular weight is 184 g/mol. The van der Waals surface area contributed by atoms with E-state index in [0.717, 1.165) is 0 Å². The van der Waals surface area contributed by atoms with Crippen molar-refractivity contribution in [2.24, 2.45) is 0 Å². The first-order valence-electron chi connectivity index (χ1n) is 4.27. The number of benzene rings is 1. The maximum atomic E-state index is 11.4. The summed E-state index contributed by atoms with van der Waals surface area (Å²) in [7, 11) is 0. The first-order chi connectivity index (χ1) is 6.86. The molecule has 0 N–H and O–H groups in total. The van der Waals surface area contributed by atoms with Crippen molar-refractivity contribution in [3.63, 3.8) is 0 Å². The Morgan fingerprint density at radius 2 is 2.00 bits per heavy atom. The molecule has 0 bridgehead atoms. The Morgan fingerprint density at radius 3 is 2.64 bits per heavy atom. The smallest absolute Gasteiger partial charge is 0.351 e. The normalized spacial score (nSPS) is 12.7. The summed E-state index contributed by atoms with van der Waals surface area (Å²) in [5.74, 6) is 0.174. The molecule has 0 aromatic heterocycles. The van der Waals surface area contributed by atoms with Crippen LogP contribution >= 0.6 is 0 Å². The highest BCUT2D eigenvalue weighted by molar-refractivity contribution is 5.93. The molecule has 1 aromatic carbocycles. The van der Waals surface area contributed by atoms with Crippen molar-refractivity contribution in [1.82, 2.24) is 0 Å². The molecule has 0 aliphatic heterocycles. The van der Waals surface area contributed by atoms with Gasteiger partial charge < -0.3 is 4.74 Å². The lowest BCUT2D eigenvalue weighted by Gasteiger charge is -2.01. The minimum atomic E-state index is -0.374. The van der Waals surface area contributed by atoms with Crippen molar-refractivity contribution in [3.05, 3.63) is 59.9 Å². The Balaban J connectivity index is 2.09. The third-order valence-electron chi connectivity index (χ3n) is 1.77. The molecule has 2 nitrogen and oxygen atoms in total. The van der Waals surface area contributed by atoms with Gasteiger partial charge in [0.15, 0.2) is 0 Å². The first-order valence-corrected chi connectivity index (χ1v) is 4.27. The average Bonchev–Trinajstić information content (AvgIpc) is 2.72. The molecule has 1 aliphatic carbocycles.